The SMILES string of the molecule is CCNC(=NCCC(C)c1cccc(C(F)(F)F)c1)NCCc1cnn(C)c1. The van der Waals surface area contributed by atoms with Gasteiger partial charge in [-0.3, -0.25) is 9.67 Å². The van der Waals surface area contributed by atoms with Crippen LogP contribution in [0, 0.1) is 0 Å². The molecule has 1 heterocycles. The zero-order chi connectivity index (χ0) is 20.6. The number of nitrogens with zero attached hydrogens (tertiary/aromatic N) is 3. The van der Waals surface area contributed by atoms with Crippen LogP contribution in [0.25, 0.3) is 0 Å². The normalized spacial score (nSPS) is 13.4. The maximum atomic E-state index is 12.9. The molecular weight excluding hydrogens is 367 g/mol. The third-order valence-corrected chi connectivity index (χ3v) is 4.42. The molecule has 0 amide bonds. The van der Waals surface area contributed by atoms with Gasteiger partial charge in [-0.2, -0.15) is 18.3 Å². The summed E-state index contributed by atoms with van der Waals surface area (Å²) >= 11 is 0. The highest BCUT2D eigenvalue weighted by molar-refractivity contribution is 5.79. The predicted octanol–water partition coefficient (Wildman–Crippen LogP) is 3.73. The summed E-state index contributed by atoms with van der Waals surface area (Å²) in [5, 5.41) is 10.6. The predicted molar refractivity (Wildman–Crippen MR) is 105 cm³/mol. The van der Waals surface area contributed by atoms with E-state index in [1.807, 2.05) is 33.3 Å². The molecule has 2 N–H and O–H groups in total. The van der Waals surface area contributed by atoms with Crippen LogP contribution < -0.4 is 10.6 Å². The number of nitrogens with one attached hydrogen (secondary N) is 2. The molecule has 0 radical (unpaired) electrons. The Morgan fingerprint density at radius 3 is 2.71 bits per heavy atom. The number of alkyl halides is 3. The molecule has 0 fully saturated rings. The lowest BCUT2D eigenvalue weighted by Gasteiger charge is -2.15. The first kappa shape index (κ1) is 21.8. The number of halogens is 3. The van der Waals surface area contributed by atoms with Gasteiger partial charge in [-0.25, -0.2) is 0 Å². The Hall–Kier alpha value is -2.51. The van der Waals surface area contributed by atoms with Crippen LogP contribution in [0.5, 0.6) is 0 Å². The first-order valence-electron chi connectivity index (χ1n) is 9.46. The fraction of sp³-hybridized carbons (Fsp3) is 0.500. The molecule has 0 aliphatic carbocycles. The standard InChI is InChI=1S/C20H28F3N5/c1-4-24-19(26-11-9-16-13-27-28(3)14-16)25-10-8-15(2)17-6-5-7-18(12-17)20(21,22)23/h5-7,12-15H,4,8-11H2,1-3H3,(H2,24,25,26). The molecule has 0 saturated heterocycles. The maximum absolute atomic E-state index is 12.9. The summed E-state index contributed by atoms with van der Waals surface area (Å²) in [6.45, 7) is 5.90. The van der Waals surface area contributed by atoms with Gasteiger partial charge in [0.05, 0.1) is 11.8 Å². The van der Waals surface area contributed by atoms with Crippen molar-refractivity contribution in [3.05, 3.63) is 53.3 Å². The van der Waals surface area contributed by atoms with E-state index in [0.29, 0.717) is 24.5 Å². The van der Waals surface area contributed by atoms with Crippen LogP contribution in [0.2, 0.25) is 0 Å². The van der Waals surface area contributed by atoms with Gasteiger partial charge in [-0.05, 0) is 42.9 Å². The molecule has 154 valence electrons. The Labute approximate surface area is 164 Å². The molecule has 5 nitrogen and oxygen atoms in total. The number of aryl methyl sites for hydroxylation is 1. The lowest BCUT2D eigenvalue weighted by atomic mass is 9.96. The third-order valence-electron chi connectivity index (χ3n) is 4.42. The van der Waals surface area contributed by atoms with E-state index < -0.39 is 11.7 Å². The van der Waals surface area contributed by atoms with Gasteiger partial charge in [0.2, 0.25) is 0 Å². The molecule has 2 aromatic rings. The van der Waals surface area contributed by atoms with Crippen LogP contribution in [0.1, 0.15) is 42.9 Å². The van der Waals surface area contributed by atoms with Gasteiger partial charge < -0.3 is 10.6 Å². The van der Waals surface area contributed by atoms with Crippen molar-refractivity contribution >= 4 is 5.96 Å². The fourth-order valence-corrected chi connectivity index (χ4v) is 2.83. The van der Waals surface area contributed by atoms with Crippen molar-refractivity contribution in [2.75, 3.05) is 19.6 Å². The lowest BCUT2D eigenvalue weighted by molar-refractivity contribution is -0.137. The quantitative estimate of drug-likeness (QED) is 0.529. The molecule has 1 aromatic heterocycles. The number of benzene rings is 1. The van der Waals surface area contributed by atoms with E-state index in [2.05, 4.69) is 20.7 Å². The largest absolute Gasteiger partial charge is 0.416 e. The van der Waals surface area contributed by atoms with Crippen molar-refractivity contribution in [2.24, 2.45) is 12.0 Å². The Morgan fingerprint density at radius 1 is 1.29 bits per heavy atom. The first-order chi connectivity index (χ1) is 13.3. The number of aromatic nitrogens is 2. The zero-order valence-electron chi connectivity index (χ0n) is 16.6. The molecule has 2 rings (SSSR count). The van der Waals surface area contributed by atoms with Crippen molar-refractivity contribution in [3.63, 3.8) is 0 Å². The van der Waals surface area contributed by atoms with E-state index in [1.54, 1.807) is 10.7 Å². The maximum Gasteiger partial charge on any atom is 0.416 e. The second kappa shape index (κ2) is 10.1. The number of rotatable bonds is 8. The van der Waals surface area contributed by atoms with Gasteiger partial charge in [0.25, 0.3) is 0 Å². The van der Waals surface area contributed by atoms with Crippen LogP contribution in [0.3, 0.4) is 0 Å². The second-order valence-electron chi connectivity index (χ2n) is 6.77. The summed E-state index contributed by atoms with van der Waals surface area (Å²) in [5.74, 6) is 0.701. The Kier molecular flexibility index (Phi) is 7.90. The molecule has 0 bridgehead atoms. The number of hydrogen-bond acceptors (Lipinski definition) is 2. The molecular formula is C20H28F3N5. The smallest absolute Gasteiger partial charge is 0.357 e. The summed E-state index contributed by atoms with van der Waals surface area (Å²) in [4.78, 5) is 4.54. The van der Waals surface area contributed by atoms with Crippen molar-refractivity contribution < 1.29 is 13.2 Å². The van der Waals surface area contributed by atoms with E-state index in [9.17, 15) is 13.2 Å². The van der Waals surface area contributed by atoms with Gasteiger partial charge in [-0.15, -0.1) is 0 Å². The summed E-state index contributed by atoms with van der Waals surface area (Å²) in [6.07, 6.45) is 0.995. The molecule has 0 aliphatic rings. The lowest BCUT2D eigenvalue weighted by Crippen LogP contribution is -2.38. The van der Waals surface area contributed by atoms with Crippen LogP contribution in [0.15, 0.2) is 41.7 Å². The van der Waals surface area contributed by atoms with Crippen LogP contribution in [0.4, 0.5) is 13.2 Å². The highest BCUT2D eigenvalue weighted by Gasteiger charge is 2.30. The number of guanidine groups is 1. The van der Waals surface area contributed by atoms with Gasteiger partial charge in [0.15, 0.2) is 5.96 Å². The second-order valence-corrected chi connectivity index (χ2v) is 6.77. The Balaban J connectivity index is 1.86. The van der Waals surface area contributed by atoms with E-state index >= 15 is 0 Å². The average molecular weight is 395 g/mol. The van der Waals surface area contributed by atoms with Gasteiger partial charge in [0, 0.05) is 32.9 Å². The minimum atomic E-state index is -4.32. The van der Waals surface area contributed by atoms with Gasteiger partial charge in [0.1, 0.15) is 0 Å². The molecule has 1 aromatic carbocycles. The summed E-state index contributed by atoms with van der Waals surface area (Å²) in [6, 6.07) is 5.53. The summed E-state index contributed by atoms with van der Waals surface area (Å²) in [5.41, 5.74) is 1.22. The zero-order valence-corrected chi connectivity index (χ0v) is 16.6. The Bertz CT molecular complexity index is 767. The molecule has 1 unspecified atom stereocenters. The Morgan fingerprint density at radius 2 is 2.07 bits per heavy atom. The van der Waals surface area contributed by atoms with Crippen molar-refractivity contribution in [3.8, 4) is 0 Å². The molecule has 1 atom stereocenters. The fourth-order valence-electron chi connectivity index (χ4n) is 2.83. The highest BCUT2D eigenvalue weighted by atomic mass is 19.4. The molecule has 0 saturated carbocycles. The highest BCUT2D eigenvalue weighted by Crippen LogP contribution is 2.31. The van der Waals surface area contributed by atoms with Crippen LogP contribution >= 0.6 is 0 Å². The topological polar surface area (TPSA) is 54.2 Å². The van der Waals surface area contributed by atoms with Crippen LogP contribution in [-0.4, -0.2) is 35.4 Å². The number of hydrogen-bond donors (Lipinski definition) is 2. The molecule has 8 heteroatoms. The minimum Gasteiger partial charge on any atom is -0.357 e. The molecule has 0 aliphatic heterocycles. The van der Waals surface area contributed by atoms with Crippen molar-refractivity contribution in [1.29, 1.82) is 0 Å². The summed E-state index contributed by atoms with van der Waals surface area (Å²) in [7, 11) is 1.88. The van der Waals surface area contributed by atoms with E-state index in [4.69, 9.17) is 0 Å². The first-order valence-corrected chi connectivity index (χ1v) is 9.46. The number of aliphatic imine (C=N–C) groups is 1. The van der Waals surface area contributed by atoms with E-state index in [0.717, 1.165) is 31.1 Å². The van der Waals surface area contributed by atoms with Gasteiger partial charge >= 0.3 is 6.18 Å². The average Bonchev–Trinajstić information content (AvgIpc) is 3.06. The van der Waals surface area contributed by atoms with Gasteiger partial charge in [-0.1, -0.05) is 25.1 Å². The third kappa shape index (κ3) is 6.90. The van der Waals surface area contributed by atoms with E-state index in [-0.39, 0.29) is 5.92 Å². The minimum absolute atomic E-state index is 0.00989. The van der Waals surface area contributed by atoms with Crippen molar-refractivity contribution in [2.45, 2.75) is 38.8 Å². The van der Waals surface area contributed by atoms with Crippen molar-refractivity contribution in [1.82, 2.24) is 20.4 Å². The summed E-state index contributed by atoms with van der Waals surface area (Å²) < 4.78 is 40.4. The molecule has 0 spiro atoms. The monoisotopic (exact) mass is 395 g/mol. The molecule has 28 heavy (non-hydrogen) atoms. The van der Waals surface area contributed by atoms with E-state index in [1.165, 1.54) is 12.1 Å². The van der Waals surface area contributed by atoms with Crippen LogP contribution in [-0.2, 0) is 19.6 Å².